The van der Waals surface area contributed by atoms with E-state index in [1.165, 1.54) is 6.08 Å². The van der Waals surface area contributed by atoms with Crippen molar-refractivity contribution in [3.05, 3.63) is 77.4 Å². The Hall–Kier alpha value is -3.41. The average molecular weight is 365 g/mol. The Morgan fingerprint density at radius 3 is 2.30 bits per heavy atom. The fourth-order valence-electron chi connectivity index (χ4n) is 2.30. The van der Waals surface area contributed by atoms with Gasteiger partial charge in [0, 0.05) is 38.2 Å². The van der Waals surface area contributed by atoms with Crippen LogP contribution in [0.2, 0.25) is 0 Å². The van der Waals surface area contributed by atoms with Gasteiger partial charge in [0.2, 0.25) is 11.8 Å². The van der Waals surface area contributed by atoms with Crippen LogP contribution in [0, 0.1) is 0 Å². The number of benzene rings is 2. The second-order valence-electron chi connectivity index (χ2n) is 5.84. The summed E-state index contributed by atoms with van der Waals surface area (Å²) in [5, 5.41) is 8.03. The van der Waals surface area contributed by atoms with Crippen molar-refractivity contribution in [2.75, 3.05) is 13.6 Å². The molecule has 0 aliphatic heterocycles. The standard InChI is InChI=1S/C21H23N3O3/c1-22-21(27)18-10-7-16(8-11-18)9-12-19(25)23-14-13-20(26)24-15-17-5-3-2-4-6-17/h2-12H,13-15H2,1H3,(H,22,27)(H,23,25)(H,24,26)/b12-9+. The maximum absolute atomic E-state index is 11.8. The molecule has 0 atom stereocenters. The Morgan fingerprint density at radius 1 is 0.926 bits per heavy atom. The van der Waals surface area contributed by atoms with Crippen LogP contribution >= 0.6 is 0 Å². The molecular weight excluding hydrogens is 342 g/mol. The molecule has 3 amide bonds. The van der Waals surface area contributed by atoms with Crippen LogP contribution in [0.3, 0.4) is 0 Å². The molecule has 0 bridgehead atoms. The largest absolute Gasteiger partial charge is 0.355 e. The molecule has 0 unspecified atom stereocenters. The number of carbonyl (C=O) groups excluding carboxylic acids is 3. The van der Waals surface area contributed by atoms with Gasteiger partial charge < -0.3 is 16.0 Å². The van der Waals surface area contributed by atoms with Crippen LogP contribution < -0.4 is 16.0 Å². The second kappa shape index (κ2) is 10.6. The van der Waals surface area contributed by atoms with Gasteiger partial charge in [-0.3, -0.25) is 14.4 Å². The van der Waals surface area contributed by atoms with Crippen molar-refractivity contribution in [1.82, 2.24) is 16.0 Å². The van der Waals surface area contributed by atoms with Gasteiger partial charge in [-0.05, 0) is 29.3 Å². The number of amides is 3. The van der Waals surface area contributed by atoms with Gasteiger partial charge in [0.25, 0.3) is 5.91 Å². The number of rotatable bonds is 8. The lowest BCUT2D eigenvalue weighted by atomic mass is 10.1. The topological polar surface area (TPSA) is 87.3 Å². The lowest BCUT2D eigenvalue weighted by Gasteiger charge is -2.05. The van der Waals surface area contributed by atoms with Crippen LogP contribution in [0.1, 0.15) is 27.9 Å². The van der Waals surface area contributed by atoms with Crippen LogP contribution in [0.5, 0.6) is 0 Å². The molecule has 2 aromatic carbocycles. The first-order valence-electron chi connectivity index (χ1n) is 8.67. The zero-order chi connectivity index (χ0) is 19.5. The Balaban J connectivity index is 1.68. The molecule has 0 aliphatic carbocycles. The van der Waals surface area contributed by atoms with E-state index in [-0.39, 0.29) is 30.7 Å². The summed E-state index contributed by atoms with van der Waals surface area (Å²) in [6.07, 6.45) is 3.27. The molecule has 0 saturated carbocycles. The van der Waals surface area contributed by atoms with Crippen LogP contribution in [0.25, 0.3) is 6.08 Å². The highest BCUT2D eigenvalue weighted by atomic mass is 16.2. The normalized spacial score (nSPS) is 10.4. The van der Waals surface area contributed by atoms with Gasteiger partial charge >= 0.3 is 0 Å². The summed E-state index contributed by atoms with van der Waals surface area (Å²) in [4.78, 5) is 35.0. The lowest BCUT2D eigenvalue weighted by Crippen LogP contribution is -2.29. The summed E-state index contributed by atoms with van der Waals surface area (Å²) in [6, 6.07) is 16.5. The highest BCUT2D eigenvalue weighted by Gasteiger charge is 2.03. The average Bonchev–Trinajstić information content (AvgIpc) is 2.71. The first kappa shape index (κ1) is 19.9. The van der Waals surface area contributed by atoms with Gasteiger partial charge in [0.05, 0.1) is 0 Å². The lowest BCUT2D eigenvalue weighted by molar-refractivity contribution is -0.121. The first-order valence-corrected chi connectivity index (χ1v) is 8.67. The van der Waals surface area contributed by atoms with Crippen LogP contribution in [-0.2, 0) is 16.1 Å². The number of hydrogen-bond acceptors (Lipinski definition) is 3. The van der Waals surface area contributed by atoms with Gasteiger partial charge in [-0.1, -0.05) is 42.5 Å². The van der Waals surface area contributed by atoms with Crippen molar-refractivity contribution in [2.24, 2.45) is 0 Å². The van der Waals surface area contributed by atoms with Crippen LogP contribution in [-0.4, -0.2) is 31.3 Å². The Kier molecular flexibility index (Phi) is 7.78. The fraction of sp³-hybridized carbons (Fsp3) is 0.190. The third-order valence-corrected chi connectivity index (χ3v) is 3.81. The van der Waals surface area contributed by atoms with Crippen molar-refractivity contribution in [2.45, 2.75) is 13.0 Å². The smallest absolute Gasteiger partial charge is 0.251 e. The summed E-state index contributed by atoms with van der Waals surface area (Å²) in [7, 11) is 1.57. The molecule has 3 N–H and O–H groups in total. The third kappa shape index (κ3) is 7.15. The van der Waals surface area contributed by atoms with Crippen molar-refractivity contribution >= 4 is 23.8 Å². The maximum atomic E-state index is 11.8. The molecule has 0 saturated heterocycles. The minimum Gasteiger partial charge on any atom is -0.355 e. The highest BCUT2D eigenvalue weighted by molar-refractivity contribution is 5.95. The van der Waals surface area contributed by atoms with E-state index >= 15 is 0 Å². The van der Waals surface area contributed by atoms with Crippen molar-refractivity contribution in [3.63, 3.8) is 0 Å². The second-order valence-corrected chi connectivity index (χ2v) is 5.84. The maximum Gasteiger partial charge on any atom is 0.251 e. The Morgan fingerprint density at radius 2 is 1.63 bits per heavy atom. The summed E-state index contributed by atoms with van der Waals surface area (Å²) < 4.78 is 0. The summed E-state index contributed by atoms with van der Waals surface area (Å²) in [5.41, 5.74) is 2.39. The molecule has 140 valence electrons. The molecule has 0 fully saturated rings. The molecule has 0 spiro atoms. The van der Waals surface area contributed by atoms with E-state index in [4.69, 9.17) is 0 Å². The molecule has 0 aliphatic rings. The number of hydrogen-bond donors (Lipinski definition) is 3. The first-order chi connectivity index (χ1) is 13.1. The monoisotopic (exact) mass is 365 g/mol. The van der Waals surface area contributed by atoms with Crippen molar-refractivity contribution in [1.29, 1.82) is 0 Å². The quantitative estimate of drug-likeness (QED) is 0.624. The molecule has 6 nitrogen and oxygen atoms in total. The molecule has 2 rings (SSSR count). The van der Waals surface area contributed by atoms with Gasteiger partial charge in [-0.25, -0.2) is 0 Å². The van der Waals surface area contributed by atoms with Crippen molar-refractivity contribution < 1.29 is 14.4 Å². The predicted molar refractivity (Wildman–Crippen MR) is 105 cm³/mol. The summed E-state index contributed by atoms with van der Waals surface area (Å²) >= 11 is 0. The molecule has 0 heterocycles. The fourth-order valence-corrected chi connectivity index (χ4v) is 2.30. The van der Waals surface area contributed by atoms with Crippen molar-refractivity contribution in [3.8, 4) is 0 Å². The van der Waals surface area contributed by atoms with Gasteiger partial charge in [0.15, 0.2) is 0 Å². The summed E-state index contributed by atoms with van der Waals surface area (Å²) in [5.74, 6) is -0.553. The van der Waals surface area contributed by atoms with E-state index in [9.17, 15) is 14.4 Å². The highest BCUT2D eigenvalue weighted by Crippen LogP contribution is 2.06. The number of carbonyl (C=O) groups is 3. The van der Waals surface area contributed by atoms with E-state index in [1.807, 2.05) is 30.3 Å². The molecule has 0 aromatic heterocycles. The minimum atomic E-state index is -0.277. The third-order valence-electron chi connectivity index (χ3n) is 3.81. The zero-order valence-corrected chi connectivity index (χ0v) is 15.2. The van der Waals surface area contributed by atoms with Crippen LogP contribution in [0.4, 0.5) is 0 Å². The Labute approximate surface area is 158 Å². The number of nitrogens with one attached hydrogen (secondary N) is 3. The summed E-state index contributed by atoms with van der Waals surface area (Å²) in [6.45, 7) is 0.735. The zero-order valence-electron chi connectivity index (χ0n) is 15.2. The van der Waals surface area contributed by atoms with Gasteiger partial charge in [0.1, 0.15) is 0 Å². The van der Waals surface area contributed by atoms with E-state index < -0.39 is 0 Å². The van der Waals surface area contributed by atoms with E-state index in [0.717, 1.165) is 11.1 Å². The molecule has 6 heteroatoms. The van der Waals surface area contributed by atoms with Gasteiger partial charge in [-0.2, -0.15) is 0 Å². The molecule has 27 heavy (non-hydrogen) atoms. The van der Waals surface area contributed by atoms with Gasteiger partial charge in [-0.15, -0.1) is 0 Å². The predicted octanol–water partition coefficient (Wildman–Crippen LogP) is 1.88. The van der Waals surface area contributed by atoms with E-state index in [2.05, 4.69) is 16.0 Å². The molecule has 0 radical (unpaired) electrons. The van der Waals surface area contributed by atoms with E-state index in [0.29, 0.717) is 12.1 Å². The van der Waals surface area contributed by atoms with E-state index in [1.54, 1.807) is 37.4 Å². The Bertz CT molecular complexity index is 799. The van der Waals surface area contributed by atoms with Crippen LogP contribution in [0.15, 0.2) is 60.7 Å². The minimum absolute atomic E-state index is 0.118. The molecular formula is C21H23N3O3. The SMILES string of the molecule is CNC(=O)c1ccc(/C=C/C(=O)NCCC(=O)NCc2ccccc2)cc1. The molecule has 2 aromatic rings.